The minimum atomic E-state index is -0.0178. The molecule has 1 aromatic heterocycles. The van der Waals surface area contributed by atoms with Gasteiger partial charge in [0.1, 0.15) is 11.5 Å². The second kappa shape index (κ2) is 9.97. The van der Waals surface area contributed by atoms with Gasteiger partial charge in [0.05, 0.1) is 19.9 Å². The lowest BCUT2D eigenvalue weighted by Gasteiger charge is -2.27. The van der Waals surface area contributed by atoms with E-state index in [0.29, 0.717) is 13.1 Å². The van der Waals surface area contributed by atoms with Crippen LogP contribution in [0.4, 0.5) is 0 Å². The van der Waals surface area contributed by atoms with Crippen LogP contribution in [0.3, 0.4) is 0 Å². The van der Waals surface area contributed by atoms with Gasteiger partial charge in [-0.3, -0.25) is 9.59 Å². The third kappa shape index (κ3) is 5.62. The number of carbonyl (C=O) groups excluding carboxylic acids is 2. The molecule has 2 aromatic rings. The van der Waals surface area contributed by atoms with Crippen LogP contribution in [0.25, 0.3) is 0 Å². The minimum absolute atomic E-state index is 0.000525. The number of furan rings is 1. The van der Waals surface area contributed by atoms with Crippen LogP contribution in [0.1, 0.15) is 37.0 Å². The van der Waals surface area contributed by atoms with Crippen LogP contribution in [-0.4, -0.2) is 25.5 Å². The molecule has 2 amide bonds. The first kappa shape index (κ1) is 20.0. The summed E-state index contributed by atoms with van der Waals surface area (Å²) in [7, 11) is 1.65. The maximum atomic E-state index is 12.4. The number of hydrogen-bond acceptors (Lipinski definition) is 4. The molecule has 1 saturated carbocycles. The number of hydrogen-bond donors (Lipinski definition) is 2. The third-order valence-corrected chi connectivity index (χ3v) is 5.33. The normalized spacial score (nSPS) is 19.0. The molecule has 0 atom stereocenters. The van der Waals surface area contributed by atoms with Crippen LogP contribution < -0.4 is 15.4 Å². The zero-order valence-corrected chi connectivity index (χ0v) is 16.3. The first-order valence-corrected chi connectivity index (χ1v) is 9.86. The van der Waals surface area contributed by atoms with Gasteiger partial charge in [0.15, 0.2) is 0 Å². The predicted molar refractivity (Wildman–Crippen MR) is 106 cm³/mol. The molecule has 0 bridgehead atoms. The molecule has 0 aliphatic heterocycles. The van der Waals surface area contributed by atoms with Crippen molar-refractivity contribution in [1.82, 2.24) is 10.6 Å². The van der Waals surface area contributed by atoms with E-state index in [4.69, 9.17) is 9.15 Å². The average molecular weight is 384 g/mol. The van der Waals surface area contributed by atoms with Crippen LogP contribution >= 0.6 is 0 Å². The molecular weight excluding hydrogens is 356 g/mol. The molecule has 3 rings (SSSR count). The minimum Gasteiger partial charge on any atom is -0.497 e. The summed E-state index contributed by atoms with van der Waals surface area (Å²) in [6.45, 7) is 1.02. The molecule has 1 aliphatic carbocycles. The summed E-state index contributed by atoms with van der Waals surface area (Å²) in [4.78, 5) is 24.7. The molecule has 1 aromatic carbocycles. The molecule has 150 valence electrons. The summed E-state index contributed by atoms with van der Waals surface area (Å²) >= 11 is 0. The highest BCUT2D eigenvalue weighted by molar-refractivity contribution is 5.81. The number of carbonyl (C=O) groups is 2. The van der Waals surface area contributed by atoms with Crippen molar-refractivity contribution in [3.8, 4) is 5.75 Å². The molecule has 0 spiro atoms. The van der Waals surface area contributed by atoms with Gasteiger partial charge in [-0.1, -0.05) is 12.1 Å². The largest absolute Gasteiger partial charge is 0.497 e. The van der Waals surface area contributed by atoms with E-state index in [1.54, 1.807) is 19.4 Å². The first-order chi connectivity index (χ1) is 13.7. The summed E-state index contributed by atoms with van der Waals surface area (Å²) in [6, 6.07) is 11.5. The lowest BCUT2D eigenvalue weighted by Crippen LogP contribution is -2.37. The van der Waals surface area contributed by atoms with E-state index in [9.17, 15) is 9.59 Å². The lowest BCUT2D eigenvalue weighted by molar-refractivity contribution is -0.130. The molecule has 1 heterocycles. The summed E-state index contributed by atoms with van der Waals surface area (Å²) < 4.78 is 10.4. The van der Waals surface area contributed by atoms with Gasteiger partial charge in [-0.05, 0) is 61.9 Å². The maximum Gasteiger partial charge on any atom is 0.223 e. The SMILES string of the molecule is COc1cccc(CCNC(=O)C2CCC(C(=O)NCc3ccco3)CC2)c1. The van der Waals surface area contributed by atoms with Crippen molar-refractivity contribution in [3.63, 3.8) is 0 Å². The fourth-order valence-corrected chi connectivity index (χ4v) is 3.65. The van der Waals surface area contributed by atoms with E-state index < -0.39 is 0 Å². The second-order valence-corrected chi connectivity index (χ2v) is 7.24. The van der Waals surface area contributed by atoms with Gasteiger partial charge < -0.3 is 19.8 Å². The Kier molecular flexibility index (Phi) is 7.12. The van der Waals surface area contributed by atoms with Crippen LogP contribution in [0.15, 0.2) is 47.1 Å². The molecule has 0 unspecified atom stereocenters. The van der Waals surface area contributed by atoms with Gasteiger partial charge >= 0.3 is 0 Å². The van der Waals surface area contributed by atoms with E-state index in [1.165, 1.54) is 0 Å². The summed E-state index contributed by atoms with van der Waals surface area (Å²) in [5, 5.41) is 5.95. The van der Waals surface area contributed by atoms with Gasteiger partial charge in [0.2, 0.25) is 11.8 Å². The molecule has 28 heavy (non-hydrogen) atoms. The Morgan fingerprint density at radius 3 is 2.39 bits per heavy atom. The van der Waals surface area contributed by atoms with E-state index in [0.717, 1.165) is 49.2 Å². The van der Waals surface area contributed by atoms with E-state index in [1.807, 2.05) is 30.3 Å². The second-order valence-electron chi connectivity index (χ2n) is 7.24. The van der Waals surface area contributed by atoms with Crippen molar-refractivity contribution < 1.29 is 18.7 Å². The van der Waals surface area contributed by atoms with Crippen molar-refractivity contribution in [2.24, 2.45) is 11.8 Å². The van der Waals surface area contributed by atoms with Gasteiger partial charge in [0.25, 0.3) is 0 Å². The Bertz CT molecular complexity index is 765. The third-order valence-electron chi connectivity index (χ3n) is 5.33. The van der Waals surface area contributed by atoms with E-state index >= 15 is 0 Å². The standard InChI is InChI=1S/C22H28N2O4/c1-27-19-5-2-4-16(14-19)11-12-23-21(25)17-7-9-18(10-8-17)22(26)24-15-20-6-3-13-28-20/h2-6,13-14,17-18H,7-12,15H2,1H3,(H,23,25)(H,24,26). The topological polar surface area (TPSA) is 80.6 Å². The number of benzene rings is 1. The quantitative estimate of drug-likeness (QED) is 0.733. The summed E-state index contributed by atoms with van der Waals surface area (Å²) in [6.07, 6.45) is 5.37. The highest BCUT2D eigenvalue weighted by atomic mass is 16.5. The van der Waals surface area contributed by atoms with Crippen molar-refractivity contribution in [1.29, 1.82) is 0 Å². The molecule has 6 heteroatoms. The van der Waals surface area contributed by atoms with E-state index in [2.05, 4.69) is 10.6 Å². The monoisotopic (exact) mass is 384 g/mol. The van der Waals surface area contributed by atoms with Gasteiger partial charge in [-0.25, -0.2) is 0 Å². The van der Waals surface area contributed by atoms with Crippen LogP contribution in [0.5, 0.6) is 5.75 Å². The van der Waals surface area contributed by atoms with Gasteiger partial charge in [0, 0.05) is 18.4 Å². The van der Waals surface area contributed by atoms with E-state index in [-0.39, 0.29) is 23.7 Å². The molecule has 0 radical (unpaired) electrons. The first-order valence-electron chi connectivity index (χ1n) is 9.86. The van der Waals surface area contributed by atoms with Gasteiger partial charge in [-0.15, -0.1) is 0 Å². The number of nitrogens with one attached hydrogen (secondary N) is 2. The number of ether oxygens (including phenoxy) is 1. The predicted octanol–water partition coefficient (Wildman–Crippen LogP) is 3.07. The smallest absolute Gasteiger partial charge is 0.223 e. The summed E-state index contributed by atoms with van der Waals surface area (Å²) in [5.41, 5.74) is 1.14. The molecule has 0 saturated heterocycles. The van der Waals surface area contributed by atoms with Crippen LogP contribution in [0.2, 0.25) is 0 Å². The lowest BCUT2D eigenvalue weighted by atomic mass is 9.81. The Labute approximate surface area is 165 Å². The zero-order chi connectivity index (χ0) is 19.8. The number of methoxy groups -OCH3 is 1. The van der Waals surface area contributed by atoms with Crippen molar-refractivity contribution in [3.05, 3.63) is 54.0 Å². The van der Waals surface area contributed by atoms with Gasteiger partial charge in [-0.2, -0.15) is 0 Å². The maximum absolute atomic E-state index is 12.4. The van der Waals surface area contributed by atoms with Crippen molar-refractivity contribution >= 4 is 11.8 Å². The fourth-order valence-electron chi connectivity index (χ4n) is 3.65. The number of amides is 2. The number of rotatable bonds is 8. The average Bonchev–Trinajstić information content (AvgIpc) is 3.26. The Hall–Kier alpha value is -2.76. The molecule has 6 nitrogen and oxygen atoms in total. The Morgan fingerprint density at radius 1 is 1.04 bits per heavy atom. The Balaban J connectivity index is 1.35. The van der Waals surface area contributed by atoms with Crippen molar-refractivity contribution in [2.75, 3.05) is 13.7 Å². The molecule has 2 N–H and O–H groups in total. The highest BCUT2D eigenvalue weighted by Gasteiger charge is 2.29. The molecular formula is C22H28N2O4. The summed E-state index contributed by atoms with van der Waals surface area (Å²) in [5.74, 6) is 1.70. The Morgan fingerprint density at radius 2 is 1.75 bits per heavy atom. The zero-order valence-electron chi connectivity index (χ0n) is 16.3. The van der Waals surface area contributed by atoms with Crippen molar-refractivity contribution in [2.45, 2.75) is 38.6 Å². The van der Waals surface area contributed by atoms with Crippen LogP contribution in [0, 0.1) is 11.8 Å². The highest BCUT2D eigenvalue weighted by Crippen LogP contribution is 2.29. The fraction of sp³-hybridized carbons (Fsp3) is 0.455. The molecule has 1 aliphatic rings. The van der Waals surface area contributed by atoms with Crippen LogP contribution in [-0.2, 0) is 22.6 Å². The molecule has 1 fully saturated rings.